The Morgan fingerprint density at radius 3 is 2.19 bits per heavy atom. The molecular weight excluding hydrogens is 266 g/mol. The minimum atomic E-state index is -0.452. The molecule has 0 heterocycles. The Labute approximate surface area is 108 Å². The van der Waals surface area contributed by atoms with Gasteiger partial charge in [-0.25, -0.2) is 0 Å². The summed E-state index contributed by atoms with van der Waals surface area (Å²) in [6.45, 7) is 5.93. The number of carbonyl (C=O) groups excluding carboxylic acids is 1. The zero-order chi connectivity index (χ0) is 12.2. The molecule has 1 aliphatic carbocycles. The highest BCUT2D eigenvalue weighted by atomic mass is 79.9. The standard InChI is InChI=1S/C13H24BrNO/c1-10(15-12(16)13(2,3)14)11-8-6-4-5-7-9-11/h10-11H,4-9H2,1-3H3,(H,15,16)/t10-/m1/s1. The molecule has 0 spiro atoms. The Kier molecular flexibility index (Phi) is 5.29. The van der Waals surface area contributed by atoms with Crippen LogP contribution in [0.1, 0.15) is 59.3 Å². The number of rotatable bonds is 3. The van der Waals surface area contributed by atoms with E-state index < -0.39 is 4.32 Å². The second kappa shape index (κ2) is 6.04. The number of nitrogens with one attached hydrogen (secondary N) is 1. The first-order valence-electron chi connectivity index (χ1n) is 6.41. The Morgan fingerprint density at radius 2 is 1.75 bits per heavy atom. The third-order valence-electron chi connectivity index (χ3n) is 3.51. The normalized spacial score (nSPS) is 21.2. The Bertz CT molecular complexity index is 227. The minimum Gasteiger partial charge on any atom is -0.352 e. The molecule has 1 atom stereocenters. The highest BCUT2D eigenvalue weighted by Gasteiger charge is 2.27. The molecule has 0 aromatic heterocycles. The molecule has 0 aromatic rings. The van der Waals surface area contributed by atoms with Crippen LogP contribution in [0.25, 0.3) is 0 Å². The van der Waals surface area contributed by atoms with Gasteiger partial charge in [-0.3, -0.25) is 4.79 Å². The topological polar surface area (TPSA) is 29.1 Å². The lowest BCUT2D eigenvalue weighted by Crippen LogP contribution is -2.45. The van der Waals surface area contributed by atoms with Gasteiger partial charge in [0.15, 0.2) is 0 Å². The van der Waals surface area contributed by atoms with Crippen molar-refractivity contribution in [2.75, 3.05) is 0 Å². The summed E-state index contributed by atoms with van der Waals surface area (Å²) in [6, 6.07) is 0.308. The fraction of sp³-hybridized carbons (Fsp3) is 0.923. The van der Waals surface area contributed by atoms with Gasteiger partial charge in [0, 0.05) is 6.04 Å². The number of hydrogen-bond acceptors (Lipinski definition) is 1. The SMILES string of the molecule is C[C@@H](NC(=O)C(C)(C)Br)C1CCCCCC1. The maximum atomic E-state index is 11.8. The smallest absolute Gasteiger partial charge is 0.236 e. The third-order valence-corrected chi connectivity index (χ3v) is 3.87. The van der Waals surface area contributed by atoms with E-state index in [0.29, 0.717) is 12.0 Å². The van der Waals surface area contributed by atoms with Gasteiger partial charge in [-0.05, 0) is 39.5 Å². The van der Waals surface area contributed by atoms with Crippen LogP contribution in [-0.4, -0.2) is 16.3 Å². The predicted octanol–water partition coefficient (Wildman–Crippen LogP) is 3.64. The van der Waals surface area contributed by atoms with E-state index in [9.17, 15) is 4.79 Å². The first kappa shape index (κ1) is 14.0. The van der Waals surface area contributed by atoms with Gasteiger partial charge >= 0.3 is 0 Å². The predicted molar refractivity (Wildman–Crippen MR) is 71.8 cm³/mol. The largest absolute Gasteiger partial charge is 0.352 e. The lowest BCUT2D eigenvalue weighted by Gasteiger charge is -2.26. The van der Waals surface area contributed by atoms with Crippen molar-refractivity contribution >= 4 is 21.8 Å². The highest BCUT2D eigenvalue weighted by molar-refractivity contribution is 9.10. The average Bonchev–Trinajstić information content (AvgIpc) is 2.43. The average molecular weight is 290 g/mol. The van der Waals surface area contributed by atoms with Crippen LogP contribution in [0.5, 0.6) is 0 Å². The molecular formula is C13H24BrNO. The second-order valence-corrected chi connectivity index (χ2v) is 7.47. The fourth-order valence-electron chi connectivity index (χ4n) is 2.31. The minimum absolute atomic E-state index is 0.101. The van der Waals surface area contributed by atoms with E-state index in [0.717, 1.165) is 0 Å². The van der Waals surface area contributed by atoms with Crippen molar-refractivity contribution in [2.24, 2.45) is 5.92 Å². The van der Waals surface area contributed by atoms with Gasteiger partial charge in [0.2, 0.25) is 5.91 Å². The molecule has 94 valence electrons. The van der Waals surface area contributed by atoms with Crippen LogP contribution in [0, 0.1) is 5.92 Å². The van der Waals surface area contributed by atoms with E-state index in [-0.39, 0.29) is 5.91 Å². The molecule has 0 aliphatic heterocycles. The van der Waals surface area contributed by atoms with Crippen LogP contribution in [-0.2, 0) is 4.79 Å². The van der Waals surface area contributed by atoms with Gasteiger partial charge in [0.05, 0.1) is 4.32 Å². The maximum absolute atomic E-state index is 11.8. The van der Waals surface area contributed by atoms with Crippen LogP contribution in [0.2, 0.25) is 0 Å². The lowest BCUT2D eigenvalue weighted by molar-refractivity contribution is -0.123. The van der Waals surface area contributed by atoms with Gasteiger partial charge < -0.3 is 5.32 Å². The molecule has 1 saturated carbocycles. The highest BCUT2D eigenvalue weighted by Crippen LogP contribution is 2.26. The van der Waals surface area contributed by atoms with Gasteiger partial charge in [0.25, 0.3) is 0 Å². The van der Waals surface area contributed by atoms with E-state index in [1.54, 1.807) is 0 Å². The Hall–Kier alpha value is -0.0500. The Morgan fingerprint density at radius 1 is 1.25 bits per heavy atom. The molecule has 1 rings (SSSR count). The van der Waals surface area contributed by atoms with E-state index >= 15 is 0 Å². The van der Waals surface area contributed by atoms with Gasteiger partial charge in [-0.2, -0.15) is 0 Å². The lowest BCUT2D eigenvalue weighted by atomic mass is 9.92. The van der Waals surface area contributed by atoms with Crippen molar-refractivity contribution in [1.29, 1.82) is 0 Å². The quantitative estimate of drug-likeness (QED) is 0.624. The number of alkyl halides is 1. The number of halogens is 1. The number of hydrogen-bond donors (Lipinski definition) is 1. The Balaban J connectivity index is 2.44. The van der Waals surface area contributed by atoms with E-state index in [1.165, 1.54) is 38.5 Å². The van der Waals surface area contributed by atoms with Gasteiger partial charge in [-0.15, -0.1) is 0 Å². The van der Waals surface area contributed by atoms with Crippen LogP contribution < -0.4 is 5.32 Å². The summed E-state index contributed by atoms with van der Waals surface area (Å²) in [5, 5.41) is 3.13. The molecule has 1 N–H and O–H groups in total. The molecule has 1 fully saturated rings. The van der Waals surface area contributed by atoms with Gasteiger partial charge in [0.1, 0.15) is 0 Å². The first-order valence-corrected chi connectivity index (χ1v) is 7.20. The summed E-state index contributed by atoms with van der Waals surface area (Å²) in [5.74, 6) is 0.769. The van der Waals surface area contributed by atoms with Crippen molar-refractivity contribution < 1.29 is 4.79 Å². The van der Waals surface area contributed by atoms with Crippen molar-refractivity contribution in [3.05, 3.63) is 0 Å². The van der Waals surface area contributed by atoms with Crippen molar-refractivity contribution in [3.63, 3.8) is 0 Å². The number of amides is 1. The van der Waals surface area contributed by atoms with Crippen LogP contribution in [0.4, 0.5) is 0 Å². The molecule has 3 heteroatoms. The molecule has 0 bridgehead atoms. The molecule has 0 radical (unpaired) electrons. The van der Waals surface area contributed by atoms with Crippen LogP contribution in [0.3, 0.4) is 0 Å². The fourth-order valence-corrected chi connectivity index (χ4v) is 2.42. The monoisotopic (exact) mass is 289 g/mol. The molecule has 2 nitrogen and oxygen atoms in total. The summed E-state index contributed by atoms with van der Waals surface area (Å²) >= 11 is 3.40. The summed E-state index contributed by atoms with van der Waals surface area (Å²) in [4.78, 5) is 11.8. The summed E-state index contributed by atoms with van der Waals surface area (Å²) in [5.41, 5.74) is 0. The zero-order valence-corrected chi connectivity index (χ0v) is 12.3. The van der Waals surface area contributed by atoms with Crippen molar-refractivity contribution in [2.45, 2.75) is 69.7 Å². The van der Waals surface area contributed by atoms with Crippen molar-refractivity contribution in [1.82, 2.24) is 5.32 Å². The molecule has 0 saturated heterocycles. The molecule has 1 amide bonds. The summed E-state index contributed by atoms with van der Waals surface area (Å²) < 4.78 is -0.452. The van der Waals surface area contributed by atoms with Crippen LogP contribution >= 0.6 is 15.9 Å². The molecule has 0 aromatic carbocycles. The zero-order valence-electron chi connectivity index (χ0n) is 10.7. The van der Waals surface area contributed by atoms with E-state index in [1.807, 2.05) is 13.8 Å². The second-order valence-electron chi connectivity index (χ2n) is 5.49. The first-order chi connectivity index (χ1) is 7.41. The van der Waals surface area contributed by atoms with Crippen molar-refractivity contribution in [3.8, 4) is 0 Å². The molecule has 0 unspecified atom stereocenters. The molecule has 16 heavy (non-hydrogen) atoms. The number of carbonyl (C=O) groups is 1. The van der Waals surface area contributed by atoms with E-state index in [4.69, 9.17) is 0 Å². The van der Waals surface area contributed by atoms with E-state index in [2.05, 4.69) is 28.2 Å². The maximum Gasteiger partial charge on any atom is 0.236 e. The summed E-state index contributed by atoms with van der Waals surface area (Å²) in [7, 11) is 0. The summed E-state index contributed by atoms with van der Waals surface area (Å²) in [6.07, 6.45) is 7.90. The molecule has 1 aliphatic rings. The van der Waals surface area contributed by atoms with Crippen LogP contribution in [0.15, 0.2) is 0 Å². The van der Waals surface area contributed by atoms with Gasteiger partial charge in [-0.1, -0.05) is 41.6 Å². The third kappa shape index (κ3) is 4.44.